The highest BCUT2D eigenvalue weighted by atomic mass is 28.4. The molecule has 1 nitrogen and oxygen atoms in total. The van der Waals surface area contributed by atoms with Gasteiger partial charge < -0.3 is 4.12 Å². The highest BCUT2D eigenvalue weighted by molar-refractivity contribution is 7.00. The van der Waals surface area contributed by atoms with Crippen molar-refractivity contribution in [1.29, 1.82) is 0 Å². The summed E-state index contributed by atoms with van der Waals surface area (Å²) < 4.78 is 6.02. The van der Waals surface area contributed by atoms with E-state index in [0.29, 0.717) is 0 Å². The minimum atomic E-state index is -2.31. The molecule has 97 valence electrons. The molecule has 0 aliphatic heterocycles. The van der Waals surface area contributed by atoms with Crippen molar-refractivity contribution >= 4 is 29.2 Å². The van der Waals surface area contributed by atoms with E-state index in [4.69, 9.17) is 4.12 Å². The van der Waals surface area contributed by atoms with Crippen molar-refractivity contribution in [3.8, 4) is 0 Å². The Labute approximate surface area is 120 Å². The van der Waals surface area contributed by atoms with Gasteiger partial charge in [0.05, 0.1) is 0 Å². The standard InChI is InChI=1S/C16H19OSi2/c1-16(2,3)19(17-18,14-10-6-4-7-11-14)15-12-8-5-9-13-15/h4-13H,1-3H3. The van der Waals surface area contributed by atoms with Crippen LogP contribution in [-0.2, 0) is 4.12 Å². The van der Waals surface area contributed by atoms with Crippen molar-refractivity contribution in [1.82, 2.24) is 0 Å². The molecule has 0 heterocycles. The van der Waals surface area contributed by atoms with Crippen LogP contribution in [0.1, 0.15) is 20.8 Å². The van der Waals surface area contributed by atoms with Gasteiger partial charge >= 0.3 is 0 Å². The smallest absolute Gasteiger partial charge is 0.250 e. The molecule has 0 unspecified atom stereocenters. The Morgan fingerprint density at radius 1 is 0.789 bits per heavy atom. The Bertz CT molecular complexity index is 478. The second-order valence-corrected chi connectivity index (χ2v) is 10.6. The maximum atomic E-state index is 6.02. The number of benzene rings is 2. The van der Waals surface area contributed by atoms with E-state index in [9.17, 15) is 0 Å². The molecule has 0 amide bonds. The van der Waals surface area contributed by atoms with Gasteiger partial charge in [0, 0.05) is 0 Å². The van der Waals surface area contributed by atoms with Gasteiger partial charge in [-0.2, -0.15) is 0 Å². The summed E-state index contributed by atoms with van der Waals surface area (Å²) in [5.74, 6) is 0. The molecule has 19 heavy (non-hydrogen) atoms. The molecule has 2 aromatic carbocycles. The van der Waals surface area contributed by atoms with Crippen LogP contribution in [0, 0.1) is 0 Å². The lowest BCUT2D eigenvalue weighted by molar-refractivity contribution is 0.548. The Balaban J connectivity index is 2.70. The maximum absolute atomic E-state index is 6.02. The van der Waals surface area contributed by atoms with E-state index in [0.717, 1.165) is 0 Å². The Hall–Kier alpha value is -1.17. The monoisotopic (exact) mass is 283 g/mol. The molecule has 0 aliphatic carbocycles. The van der Waals surface area contributed by atoms with E-state index < -0.39 is 8.32 Å². The fourth-order valence-corrected chi connectivity index (χ4v) is 8.21. The third-order valence-electron chi connectivity index (χ3n) is 3.57. The molecule has 2 aromatic rings. The molecule has 2 rings (SSSR count). The van der Waals surface area contributed by atoms with Crippen molar-refractivity contribution in [2.45, 2.75) is 25.8 Å². The van der Waals surface area contributed by atoms with Gasteiger partial charge in [0.15, 0.2) is 0 Å². The first kappa shape index (κ1) is 14.2. The second-order valence-electron chi connectivity index (χ2n) is 5.77. The number of hydrogen-bond acceptors (Lipinski definition) is 1. The molecular weight excluding hydrogens is 264 g/mol. The molecule has 0 spiro atoms. The average molecular weight is 283 g/mol. The van der Waals surface area contributed by atoms with Crippen LogP contribution in [0.15, 0.2) is 60.7 Å². The highest BCUT2D eigenvalue weighted by Gasteiger charge is 2.48. The summed E-state index contributed by atoms with van der Waals surface area (Å²) in [7, 11) is 1.09. The summed E-state index contributed by atoms with van der Waals surface area (Å²) in [6.45, 7) is 6.75. The lowest BCUT2D eigenvalue weighted by atomic mass is 10.2. The van der Waals surface area contributed by atoms with Gasteiger partial charge in [-0.25, -0.2) is 0 Å². The third kappa shape index (κ3) is 2.46. The Morgan fingerprint density at radius 2 is 1.16 bits per heavy atom. The van der Waals surface area contributed by atoms with E-state index in [-0.39, 0.29) is 5.04 Å². The van der Waals surface area contributed by atoms with E-state index >= 15 is 0 Å². The molecule has 0 bridgehead atoms. The summed E-state index contributed by atoms with van der Waals surface area (Å²) in [4.78, 5) is 0. The summed E-state index contributed by atoms with van der Waals surface area (Å²) in [5, 5.41) is 2.60. The zero-order chi connectivity index (χ0) is 13.9. The normalized spacial score (nSPS) is 12.4. The second kappa shape index (κ2) is 5.45. The summed E-state index contributed by atoms with van der Waals surface area (Å²) in [6.07, 6.45) is 0. The molecule has 0 saturated heterocycles. The van der Waals surface area contributed by atoms with Crippen molar-refractivity contribution in [3.05, 3.63) is 60.7 Å². The molecule has 0 atom stereocenters. The van der Waals surface area contributed by atoms with Crippen LogP contribution in [0.5, 0.6) is 0 Å². The van der Waals surface area contributed by atoms with Crippen molar-refractivity contribution in [3.63, 3.8) is 0 Å². The lowest BCUT2D eigenvalue weighted by Crippen LogP contribution is -2.66. The maximum Gasteiger partial charge on any atom is 0.250 e. The first-order chi connectivity index (χ1) is 9.02. The Kier molecular flexibility index (Phi) is 4.08. The van der Waals surface area contributed by atoms with Crippen molar-refractivity contribution in [2.75, 3.05) is 0 Å². The van der Waals surface area contributed by atoms with Gasteiger partial charge in [0.1, 0.15) is 0 Å². The summed E-state index contributed by atoms with van der Waals surface area (Å²) in [5.41, 5.74) is 0. The zero-order valence-electron chi connectivity index (χ0n) is 11.7. The van der Waals surface area contributed by atoms with Gasteiger partial charge in [-0.3, -0.25) is 0 Å². The summed E-state index contributed by atoms with van der Waals surface area (Å²) >= 11 is 0. The lowest BCUT2D eigenvalue weighted by Gasteiger charge is -2.42. The van der Waals surface area contributed by atoms with Gasteiger partial charge in [-0.15, -0.1) is 0 Å². The molecule has 0 saturated carbocycles. The fourth-order valence-electron chi connectivity index (χ4n) is 2.65. The SMILES string of the molecule is CC(C)(C)[Si](O[Si])(c1ccccc1)c1ccccc1. The molecular formula is C16H19OSi2. The number of hydrogen-bond donors (Lipinski definition) is 0. The van der Waals surface area contributed by atoms with Crippen LogP contribution in [-0.4, -0.2) is 18.8 Å². The number of rotatable bonds is 3. The molecule has 0 aliphatic rings. The first-order valence-electron chi connectivity index (χ1n) is 6.48. The van der Waals surface area contributed by atoms with E-state index in [1.165, 1.54) is 10.4 Å². The quantitative estimate of drug-likeness (QED) is 0.787. The largest absolute Gasteiger partial charge is 0.450 e. The van der Waals surface area contributed by atoms with Crippen LogP contribution in [0.3, 0.4) is 0 Å². The van der Waals surface area contributed by atoms with Gasteiger partial charge in [-0.05, 0) is 15.4 Å². The highest BCUT2D eigenvalue weighted by Crippen LogP contribution is 2.35. The minimum absolute atomic E-state index is 0.0391. The van der Waals surface area contributed by atoms with Crippen molar-refractivity contribution in [2.24, 2.45) is 0 Å². The van der Waals surface area contributed by atoms with Crippen LogP contribution in [0.25, 0.3) is 0 Å². The summed E-state index contributed by atoms with van der Waals surface area (Å²) in [6, 6.07) is 21.1. The van der Waals surface area contributed by atoms with Crippen LogP contribution in [0.4, 0.5) is 0 Å². The molecule has 3 radical (unpaired) electrons. The fraction of sp³-hybridized carbons (Fsp3) is 0.250. The van der Waals surface area contributed by atoms with Gasteiger partial charge in [0.2, 0.25) is 18.8 Å². The van der Waals surface area contributed by atoms with Gasteiger partial charge in [-0.1, -0.05) is 81.4 Å². The average Bonchev–Trinajstić information content (AvgIpc) is 2.41. The predicted octanol–water partition coefficient (Wildman–Crippen LogP) is 2.65. The van der Waals surface area contributed by atoms with E-state index in [2.05, 4.69) is 79.8 Å². The zero-order valence-corrected chi connectivity index (χ0v) is 13.7. The Morgan fingerprint density at radius 3 is 1.42 bits per heavy atom. The molecule has 0 N–H and O–H groups in total. The molecule has 0 fully saturated rings. The van der Waals surface area contributed by atoms with Crippen molar-refractivity contribution < 1.29 is 4.12 Å². The topological polar surface area (TPSA) is 9.23 Å². The van der Waals surface area contributed by atoms with Crippen LogP contribution < -0.4 is 10.4 Å². The van der Waals surface area contributed by atoms with Crippen LogP contribution in [0.2, 0.25) is 5.04 Å². The van der Waals surface area contributed by atoms with Gasteiger partial charge in [0.25, 0.3) is 0 Å². The first-order valence-corrected chi connectivity index (χ1v) is 8.80. The predicted molar refractivity (Wildman–Crippen MR) is 84.5 cm³/mol. The molecule has 0 aromatic heterocycles. The third-order valence-corrected chi connectivity index (χ3v) is 9.20. The molecule has 3 heteroatoms. The van der Waals surface area contributed by atoms with E-state index in [1.807, 2.05) is 12.1 Å². The van der Waals surface area contributed by atoms with Crippen LogP contribution >= 0.6 is 0 Å². The minimum Gasteiger partial charge on any atom is -0.450 e. The van der Waals surface area contributed by atoms with E-state index in [1.54, 1.807) is 0 Å².